The van der Waals surface area contributed by atoms with Gasteiger partial charge in [0.25, 0.3) is 5.91 Å². The number of nitrogens with zero attached hydrogens (tertiary/aromatic N) is 1. The van der Waals surface area contributed by atoms with E-state index >= 15 is 0 Å². The Morgan fingerprint density at radius 3 is 2.71 bits per heavy atom. The van der Waals surface area contributed by atoms with Crippen LogP contribution in [0.5, 0.6) is 5.75 Å². The van der Waals surface area contributed by atoms with Crippen molar-refractivity contribution in [3.05, 3.63) is 29.8 Å². The molecule has 0 bridgehead atoms. The first-order valence-electron chi connectivity index (χ1n) is 6.63. The molecule has 0 saturated carbocycles. The van der Waals surface area contributed by atoms with Crippen LogP contribution in [-0.4, -0.2) is 31.1 Å². The van der Waals surface area contributed by atoms with Gasteiger partial charge in [0.2, 0.25) is 0 Å². The van der Waals surface area contributed by atoms with Crippen LogP contribution in [0.2, 0.25) is 0 Å². The Hall–Kier alpha value is -2.55. The minimum Gasteiger partial charge on any atom is -0.481 e. The molecule has 1 amide bonds. The first-order valence-corrected chi connectivity index (χ1v) is 6.63. The van der Waals surface area contributed by atoms with Gasteiger partial charge in [-0.3, -0.25) is 4.79 Å². The van der Waals surface area contributed by atoms with Gasteiger partial charge in [0, 0.05) is 6.04 Å². The molecule has 0 fully saturated rings. The Morgan fingerprint density at radius 1 is 1.33 bits per heavy atom. The van der Waals surface area contributed by atoms with Gasteiger partial charge in [0.05, 0.1) is 5.56 Å². The van der Waals surface area contributed by atoms with Gasteiger partial charge >= 0.3 is 5.97 Å². The number of carbonyl (C=O) groups excluding carboxylic acids is 2. The predicted molar refractivity (Wildman–Crippen MR) is 75.5 cm³/mol. The zero-order valence-electron chi connectivity index (χ0n) is 12.1. The van der Waals surface area contributed by atoms with Crippen LogP contribution >= 0.6 is 0 Å². The summed E-state index contributed by atoms with van der Waals surface area (Å²) in [6.45, 7) is 3.11. The molecule has 0 radical (unpaired) electrons. The molecule has 1 N–H and O–H groups in total. The molecule has 112 valence electrons. The van der Waals surface area contributed by atoms with Gasteiger partial charge in [-0.1, -0.05) is 19.1 Å². The zero-order chi connectivity index (χ0) is 15.7. The summed E-state index contributed by atoms with van der Waals surface area (Å²) in [5, 5.41) is 11.5. The van der Waals surface area contributed by atoms with Crippen LogP contribution in [0.1, 0.15) is 25.8 Å². The summed E-state index contributed by atoms with van der Waals surface area (Å²) in [6, 6.07) is 8.55. The Labute approximate surface area is 123 Å². The highest BCUT2D eigenvalue weighted by Gasteiger charge is 2.11. The van der Waals surface area contributed by atoms with Crippen molar-refractivity contribution in [1.82, 2.24) is 5.32 Å². The number of rotatable bonds is 7. The van der Waals surface area contributed by atoms with Gasteiger partial charge in [0.15, 0.2) is 13.2 Å². The van der Waals surface area contributed by atoms with Crippen LogP contribution in [0.4, 0.5) is 0 Å². The Kier molecular flexibility index (Phi) is 6.75. The number of esters is 1. The van der Waals surface area contributed by atoms with Crippen molar-refractivity contribution in [3.63, 3.8) is 0 Å². The second-order valence-electron chi connectivity index (χ2n) is 4.43. The van der Waals surface area contributed by atoms with Crippen LogP contribution in [-0.2, 0) is 14.3 Å². The molecule has 0 spiro atoms. The number of carbonyl (C=O) groups is 2. The van der Waals surface area contributed by atoms with Gasteiger partial charge < -0.3 is 14.8 Å². The fourth-order valence-electron chi connectivity index (χ4n) is 1.43. The lowest BCUT2D eigenvalue weighted by Gasteiger charge is -2.11. The summed E-state index contributed by atoms with van der Waals surface area (Å²) in [4.78, 5) is 22.9. The Bertz CT molecular complexity index is 537. The number of hydrogen-bond acceptors (Lipinski definition) is 5. The predicted octanol–water partition coefficient (Wildman–Crippen LogP) is 1.39. The van der Waals surface area contributed by atoms with E-state index in [1.165, 1.54) is 0 Å². The molecule has 0 aromatic heterocycles. The van der Waals surface area contributed by atoms with Crippen LogP contribution in [0, 0.1) is 11.3 Å². The summed E-state index contributed by atoms with van der Waals surface area (Å²) < 4.78 is 9.98. The first-order chi connectivity index (χ1) is 10.1. The van der Waals surface area contributed by atoms with Crippen molar-refractivity contribution in [2.45, 2.75) is 26.3 Å². The van der Waals surface area contributed by atoms with Gasteiger partial charge in [-0.2, -0.15) is 5.26 Å². The van der Waals surface area contributed by atoms with Gasteiger partial charge in [-0.25, -0.2) is 4.79 Å². The summed E-state index contributed by atoms with van der Waals surface area (Å²) in [5.74, 6) is -0.710. The Balaban J connectivity index is 2.35. The van der Waals surface area contributed by atoms with E-state index in [1.54, 1.807) is 24.3 Å². The monoisotopic (exact) mass is 290 g/mol. The van der Waals surface area contributed by atoms with E-state index < -0.39 is 5.97 Å². The quantitative estimate of drug-likeness (QED) is 0.767. The number of benzene rings is 1. The number of ether oxygens (including phenoxy) is 2. The van der Waals surface area contributed by atoms with Crippen molar-refractivity contribution < 1.29 is 19.1 Å². The molecule has 0 aliphatic carbocycles. The lowest BCUT2D eigenvalue weighted by Crippen LogP contribution is -2.35. The number of para-hydroxylation sites is 1. The topological polar surface area (TPSA) is 88.4 Å². The first kappa shape index (κ1) is 16.5. The molecule has 0 aliphatic rings. The molecule has 6 heteroatoms. The maximum absolute atomic E-state index is 11.5. The van der Waals surface area contributed by atoms with Crippen LogP contribution in [0.3, 0.4) is 0 Å². The van der Waals surface area contributed by atoms with Crippen LogP contribution < -0.4 is 10.1 Å². The largest absolute Gasteiger partial charge is 0.481 e. The maximum Gasteiger partial charge on any atom is 0.344 e. The third-order valence-electron chi connectivity index (χ3n) is 2.74. The zero-order valence-corrected chi connectivity index (χ0v) is 12.1. The molecule has 0 saturated heterocycles. The van der Waals surface area contributed by atoms with E-state index in [9.17, 15) is 9.59 Å². The Morgan fingerprint density at radius 2 is 2.05 bits per heavy atom. The molecular formula is C15H18N2O4. The smallest absolute Gasteiger partial charge is 0.344 e. The highest BCUT2D eigenvalue weighted by molar-refractivity contribution is 5.81. The van der Waals surface area contributed by atoms with E-state index in [0.29, 0.717) is 11.3 Å². The average Bonchev–Trinajstić information content (AvgIpc) is 2.50. The normalized spacial score (nSPS) is 11.1. The van der Waals surface area contributed by atoms with Crippen molar-refractivity contribution in [1.29, 1.82) is 5.26 Å². The minimum atomic E-state index is -0.665. The van der Waals surface area contributed by atoms with E-state index in [4.69, 9.17) is 14.7 Å². The van der Waals surface area contributed by atoms with Crippen molar-refractivity contribution in [2.24, 2.45) is 0 Å². The lowest BCUT2D eigenvalue weighted by atomic mass is 10.2. The molecule has 21 heavy (non-hydrogen) atoms. The molecule has 0 unspecified atom stereocenters. The number of nitrogens with one attached hydrogen (secondary N) is 1. The molecule has 1 rings (SSSR count). The average molecular weight is 290 g/mol. The van der Waals surface area contributed by atoms with E-state index in [0.717, 1.165) is 6.42 Å². The fraction of sp³-hybridized carbons (Fsp3) is 0.400. The second-order valence-corrected chi connectivity index (χ2v) is 4.43. The van der Waals surface area contributed by atoms with E-state index in [2.05, 4.69) is 5.32 Å². The van der Waals surface area contributed by atoms with Crippen molar-refractivity contribution in [2.75, 3.05) is 13.2 Å². The molecule has 1 aromatic rings. The molecule has 1 aromatic carbocycles. The second kappa shape index (κ2) is 8.59. The standard InChI is InChI=1S/C15H18N2O4/c1-3-11(2)17-14(18)9-21-15(19)10-20-13-7-5-4-6-12(13)8-16/h4-7,11H,3,9-10H2,1-2H3,(H,17,18)/t11-/m0/s1. The fourth-order valence-corrected chi connectivity index (χ4v) is 1.43. The van der Waals surface area contributed by atoms with Gasteiger partial charge in [0.1, 0.15) is 11.8 Å². The molecule has 6 nitrogen and oxygen atoms in total. The molecule has 0 aliphatic heterocycles. The summed E-state index contributed by atoms with van der Waals surface area (Å²) >= 11 is 0. The summed E-state index contributed by atoms with van der Waals surface area (Å²) in [6.07, 6.45) is 0.799. The van der Waals surface area contributed by atoms with Crippen molar-refractivity contribution in [3.8, 4) is 11.8 Å². The number of hydrogen-bond donors (Lipinski definition) is 1. The SMILES string of the molecule is CC[C@H](C)NC(=O)COC(=O)COc1ccccc1C#N. The lowest BCUT2D eigenvalue weighted by molar-refractivity contribution is -0.150. The van der Waals surface area contributed by atoms with Crippen molar-refractivity contribution >= 4 is 11.9 Å². The number of amides is 1. The summed E-state index contributed by atoms with van der Waals surface area (Å²) in [7, 11) is 0. The highest BCUT2D eigenvalue weighted by Crippen LogP contribution is 2.16. The van der Waals surface area contributed by atoms with Crippen LogP contribution in [0.15, 0.2) is 24.3 Å². The van der Waals surface area contributed by atoms with E-state index in [-0.39, 0.29) is 25.2 Å². The number of nitriles is 1. The summed E-state index contributed by atoms with van der Waals surface area (Å²) in [5.41, 5.74) is 0.333. The highest BCUT2D eigenvalue weighted by atomic mass is 16.6. The van der Waals surface area contributed by atoms with Gasteiger partial charge in [-0.05, 0) is 25.5 Å². The molecule has 0 heterocycles. The third-order valence-corrected chi connectivity index (χ3v) is 2.74. The third kappa shape index (κ3) is 5.95. The van der Waals surface area contributed by atoms with Crippen LogP contribution in [0.25, 0.3) is 0 Å². The molecule has 1 atom stereocenters. The maximum atomic E-state index is 11.5. The minimum absolute atomic E-state index is 0.0370. The van der Waals surface area contributed by atoms with Gasteiger partial charge in [-0.15, -0.1) is 0 Å². The van der Waals surface area contributed by atoms with E-state index in [1.807, 2.05) is 19.9 Å². The molecular weight excluding hydrogens is 272 g/mol.